The van der Waals surface area contributed by atoms with E-state index in [-0.39, 0.29) is 6.04 Å². The number of hydrogen-bond donors (Lipinski definition) is 1. The van der Waals surface area contributed by atoms with Crippen LogP contribution in [0.2, 0.25) is 0 Å². The van der Waals surface area contributed by atoms with Crippen molar-refractivity contribution in [1.29, 1.82) is 0 Å². The van der Waals surface area contributed by atoms with E-state index in [0.717, 1.165) is 22.6 Å². The fourth-order valence-electron chi connectivity index (χ4n) is 2.14. The molecule has 0 fully saturated rings. The Balaban J connectivity index is 1.73. The second-order valence-electron chi connectivity index (χ2n) is 4.97. The van der Waals surface area contributed by atoms with E-state index < -0.39 is 0 Å². The molecule has 0 aliphatic heterocycles. The van der Waals surface area contributed by atoms with Gasteiger partial charge in [-0.2, -0.15) is 5.10 Å². The van der Waals surface area contributed by atoms with E-state index in [1.54, 1.807) is 4.68 Å². The van der Waals surface area contributed by atoms with Crippen LogP contribution in [-0.4, -0.2) is 19.7 Å². The predicted octanol–water partition coefficient (Wildman–Crippen LogP) is 3.05. The fraction of sp³-hybridized carbons (Fsp3) is 0.188. The minimum atomic E-state index is 0.157. The maximum atomic E-state index is 4.41. The molecule has 0 aliphatic carbocycles. The summed E-state index contributed by atoms with van der Waals surface area (Å²) < 4.78 is 1.79. The fourth-order valence-corrected chi connectivity index (χ4v) is 2.14. The maximum absolute atomic E-state index is 4.41. The molecule has 0 saturated heterocycles. The van der Waals surface area contributed by atoms with E-state index >= 15 is 0 Å². The molecule has 3 rings (SSSR count). The summed E-state index contributed by atoms with van der Waals surface area (Å²) in [6.07, 6.45) is 7.47. The van der Waals surface area contributed by atoms with Crippen molar-refractivity contribution in [2.24, 2.45) is 7.05 Å². The molecule has 0 saturated carbocycles. The number of aryl methyl sites for hydroxylation is 1. The lowest BCUT2D eigenvalue weighted by Crippen LogP contribution is -2.06. The molecule has 5 nitrogen and oxygen atoms in total. The highest BCUT2D eigenvalue weighted by molar-refractivity contribution is 5.55. The molecule has 2 aromatic heterocycles. The van der Waals surface area contributed by atoms with Crippen LogP contribution in [-0.2, 0) is 7.05 Å². The number of nitrogens with zero attached hydrogens (tertiary/aromatic N) is 4. The summed E-state index contributed by atoms with van der Waals surface area (Å²) in [5, 5.41) is 7.55. The minimum Gasteiger partial charge on any atom is -0.376 e. The predicted molar refractivity (Wildman–Crippen MR) is 82.7 cm³/mol. The minimum absolute atomic E-state index is 0.157. The molecule has 106 valence electrons. The maximum Gasteiger partial charge on any atom is 0.159 e. The first-order valence-electron chi connectivity index (χ1n) is 6.85. The van der Waals surface area contributed by atoms with Crippen LogP contribution < -0.4 is 5.32 Å². The molecular formula is C16H17N5. The molecule has 0 aliphatic rings. The van der Waals surface area contributed by atoms with Crippen molar-refractivity contribution in [3.63, 3.8) is 0 Å². The molecule has 0 radical (unpaired) electrons. The summed E-state index contributed by atoms with van der Waals surface area (Å²) in [5.74, 6) is 0.732. The van der Waals surface area contributed by atoms with E-state index in [2.05, 4.69) is 27.3 Å². The molecular weight excluding hydrogens is 262 g/mol. The Morgan fingerprint density at radius 1 is 1.05 bits per heavy atom. The number of rotatable bonds is 4. The average molecular weight is 279 g/mol. The van der Waals surface area contributed by atoms with Gasteiger partial charge in [-0.25, -0.2) is 9.97 Å². The Labute approximate surface area is 123 Å². The highest BCUT2D eigenvalue weighted by Crippen LogP contribution is 2.19. The zero-order valence-corrected chi connectivity index (χ0v) is 12.1. The van der Waals surface area contributed by atoms with E-state index in [0.29, 0.717) is 0 Å². The molecule has 3 aromatic rings. The van der Waals surface area contributed by atoms with Crippen molar-refractivity contribution >= 4 is 5.69 Å². The smallest absolute Gasteiger partial charge is 0.159 e. The third kappa shape index (κ3) is 3.08. The molecule has 21 heavy (non-hydrogen) atoms. The van der Waals surface area contributed by atoms with Gasteiger partial charge in [0.05, 0.1) is 30.3 Å². The van der Waals surface area contributed by atoms with Crippen LogP contribution in [0.5, 0.6) is 0 Å². The van der Waals surface area contributed by atoms with Gasteiger partial charge in [0.25, 0.3) is 0 Å². The zero-order chi connectivity index (χ0) is 14.7. The highest BCUT2D eigenvalue weighted by atomic mass is 15.2. The van der Waals surface area contributed by atoms with Crippen molar-refractivity contribution in [2.45, 2.75) is 13.0 Å². The molecule has 1 aromatic carbocycles. The number of aromatic nitrogens is 4. The van der Waals surface area contributed by atoms with Gasteiger partial charge in [-0.05, 0) is 6.92 Å². The van der Waals surface area contributed by atoms with Crippen LogP contribution in [0.3, 0.4) is 0 Å². The quantitative estimate of drug-likeness (QED) is 0.797. The summed E-state index contributed by atoms with van der Waals surface area (Å²) in [6, 6.07) is 10.1. The topological polar surface area (TPSA) is 55.6 Å². The summed E-state index contributed by atoms with van der Waals surface area (Å²) in [7, 11) is 1.91. The summed E-state index contributed by atoms with van der Waals surface area (Å²) in [6.45, 7) is 2.09. The summed E-state index contributed by atoms with van der Waals surface area (Å²) in [5.41, 5.74) is 3.04. The van der Waals surface area contributed by atoms with Gasteiger partial charge in [-0.1, -0.05) is 30.3 Å². The van der Waals surface area contributed by atoms with Crippen molar-refractivity contribution in [3.05, 3.63) is 60.7 Å². The van der Waals surface area contributed by atoms with Crippen LogP contribution in [0.4, 0.5) is 5.69 Å². The zero-order valence-electron chi connectivity index (χ0n) is 12.1. The lowest BCUT2D eigenvalue weighted by atomic mass is 10.2. The highest BCUT2D eigenvalue weighted by Gasteiger charge is 2.08. The average Bonchev–Trinajstić information content (AvgIpc) is 2.96. The summed E-state index contributed by atoms with van der Waals surface area (Å²) >= 11 is 0. The van der Waals surface area contributed by atoms with Gasteiger partial charge in [-0.15, -0.1) is 0 Å². The second kappa shape index (κ2) is 5.75. The molecule has 1 atom stereocenters. The number of nitrogens with one attached hydrogen (secondary N) is 1. The van der Waals surface area contributed by atoms with Crippen molar-refractivity contribution < 1.29 is 0 Å². The normalized spacial score (nSPS) is 12.1. The van der Waals surface area contributed by atoms with Gasteiger partial charge in [-0.3, -0.25) is 4.68 Å². The first-order valence-corrected chi connectivity index (χ1v) is 6.85. The second-order valence-corrected chi connectivity index (χ2v) is 4.97. The molecule has 1 unspecified atom stereocenters. The lowest BCUT2D eigenvalue weighted by molar-refractivity contribution is 0.765. The number of anilines is 1. The lowest BCUT2D eigenvalue weighted by Gasteiger charge is -2.13. The van der Waals surface area contributed by atoms with Crippen molar-refractivity contribution in [2.75, 3.05) is 5.32 Å². The van der Waals surface area contributed by atoms with Gasteiger partial charge in [0.2, 0.25) is 0 Å². The third-order valence-electron chi connectivity index (χ3n) is 3.29. The molecule has 1 N–H and O–H groups in total. The van der Waals surface area contributed by atoms with Crippen LogP contribution in [0.25, 0.3) is 11.4 Å². The van der Waals surface area contributed by atoms with Gasteiger partial charge in [0, 0.05) is 24.4 Å². The number of hydrogen-bond acceptors (Lipinski definition) is 4. The standard InChI is InChI=1S/C16H17N5/c1-12(14-8-19-21(2)11-14)20-15-9-17-16(18-10-15)13-6-4-3-5-7-13/h3-12,20H,1-2H3. The SMILES string of the molecule is CC(Nc1cnc(-c2ccccc2)nc1)c1cnn(C)c1. The first-order chi connectivity index (χ1) is 10.2. The molecule has 5 heteroatoms. The van der Waals surface area contributed by atoms with Crippen molar-refractivity contribution in [3.8, 4) is 11.4 Å². The Hall–Kier alpha value is -2.69. The van der Waals surface area contributed by atoms with E-state index in [9.17, 15) is 0 Å². The Morgan fingerprint density at radius 3 is 2.38 bits per heavy atom. The number of benzene rings is 1. The van der Waals surface area contributed by atoms with Gasteiger partial charge in [0.15, 0.2) is 5.82 Å². The third-order valence-corrected chi connectivity index (χ3v) is 3.29. The van der Waals surface area contributed by atoms with E-state index in [4.69, 9.17) is 0 Å². The molecule has 0 amide bonds. The van der Waals surface area contributed by atoms with Crippen LogP contribution in [0.15, 0.2) is 55.1 Å². The van der Waals surface area contributed by atoms with Crippen LogP contribution in [0.1, 0.15) is 18.5 Å². The molecule has 0 spiro atoms. The van der Waals surface area contributed by atoms with Crippen LogP contribution >= 0.6 is 0 Å². The molecule has 2 heterocycles. The van der Waals surface area contributed by atoms with Gasteiger partial charge < -0.3 is 5.32 Å². The van der Waals surface area contributed by atoms with Crippen LogP contribution in [0, 0.1) is 0 Å². The van der Waals surface area contributed by atoms with Gasteiger partial charge >= 0.3 is 0 Å². The molecule has 0 bridgehead atoms. The van der Waals surface area contributed by atoms with E-state index in [1.807, 2.05) is 62.2 Å². The monoisotopic (exact) mass is 279 g/mol. The largest absolute Gasteiger partial charge is 0.376 e. The Bertz CT molecular complexity index is 703. The van der Waals surface area contributed by atoms with Crippen molar-refractivity contribution in [1.82, 2.24) is 19.7 Å². The van der Waals surface area contributed by atoms with E-state index in [1.165, 1.54) is 0 Å². The van der Waals surface area contributed by atoms with Gasteiger partial charge in [0.1, 0.15) is 0 Å². The Kier molecular flexibility index (Phi) is 3.64. The summed E-state index contributed by atoms with van der Waals surface area (Å²) in [4.78, 5) is 8.81. The first kappa shape index (κ1) is 13.3. The Morgan fingerprint density at radius 2 is 1.76 bits per heavy atom.